The fourth-order valence-electron chi connectivity index (χ4n) is 5.43. The Bertz CT molecular complexity index is 1290. The van der Waals surface area contributed by atoms with Crippen LogP contribution in [0.3, 0.4) is 0 Å². The molecule has 1 unspecified atom stereocenters. The fraction of sp³-hybridized carbons (Fsp3) is 0.393. The van der Waals surface area contributed by atoms with Gasteiger partial charge in [0.2, 0.25) is 11.8 Å². The Morgan fingerprint density at radius 3 is 2.50 bits per heavy atom. The van der Waals surface area contributed by atoms with Crippen molar-refractivity contribution in [2.45, 2.75) is 25.2 Å². The summed E-state index contributed by atoms with van der Waals surface area (Å²) in [6.07, 6.45) is 5.01. The van der Waals surface area contributed by atoms with Crippen LogP contribution in [0.15, 0.2) is 48.7 Å². The van der Waals surface area contributed by atoms with Crippen molar-refractivity contribution >= 4 is 46.4 Å². The lowest BCUT2D eigenvalue weighted by atomic mass is 9.89. The number of halogens is 2. The summed E-state index contributed by atoms with van der Waals surface area (Å²) in [4.78, 5) is 25.8. The molecule has 0 bridgehead atoms. The van der Waals surface area contributed by atoms with Gasteiger partial charge in [-0.25, -0.2) is 4.98 Å². The number of hydrogen-bond acceptors (Lipinski definition) is 7. The minimum absolute atomic E-state index is 0.0479. The van der Waals surface area contributed by atoms with Crippen LogP contribution in [0.2, 0.25) is 10.0 Å². The Balaban J connectivity index is 1.07. The molecule has 0 radical (unpaired) electrons. The molecule has 2 aromatic carbocycles. The second-order valence-electron chi connectivity index (χ2n) is 10.0. The van der Waals surface area contributed by atoms with Gasteiger partial charge in [0.25, 0.3) is 5.91 Å². The van der Waals surface area contributed by atoms with Gasteiger partial charge in [0.1, 0.15) is 5.56 Å². The molecule has 1 N–H and O–H groups in total. The third kappa shape index (κ3) is 5.31. The Hall–Kier alpha value is -2.91. The number of aromatic nitrogens is 2. The summed E-state index contributed by atoms with van der Waals surface area (Å²) in [5.41, 5.74) is 2.89. The molecule has 0 spiro atoms. The van der Waals surface area contributed by atoms with Crippen molar-refractivity contribution in [1.29, 1.82) is 0 Å². The average Bonchev–Trinajstić information content (AvgIpc) is 3.44. The van der Waals surface area contributed by atoms with E-state index in [0.29, 0.717) is 33.5 Å². The maximum atomic E-state index is 13.1. The molecule has 3 aromatic rings. The van der Waals surface area contributed by atoms with Gasteiger partial charge in [-0.15, -0.1) is 0 Å². The zero-order valence-corrected chi connectivity index (χ0v) is 22.4. The van der Waals surface area contributed by atoms with Crippen molar-refractivity contribution in [3.8, 4) is 5.88 Å². The van der Waals surface area contributed by atoms with Gasteiger partial charge in [-0.2, -0.15) is 4.98 Å². The molecule has 38 heavy (non-hydrogen) atoms. The highest BCUT2D eigenvalue weighted by Crippen LogP contribution is 2.37. The standard InChI is InChI=1S/C28H29Cl2N5O3/c29-23-2-1-3-24(30)25(23)35-17-38-26-22(27(35)36)14-31-28(33-26)32-21-6-4-19(5-7-21)20-8-11-34(12-9-20)15-18-10-13-37-16-18/h1-7,14,18,20H,8-13,15-17H2,(H,31,32,33). The van der Waals surface area contributed by atoms with Crippen LogP contribution in [-0.4, -0.2) is 60.4 Å². The lowest BCUT2D eigenvalue weighted by Crippen LogP contribution is -2.39. The number of ether oxygens (including phenoxy) is 2. The molecule has 2 saturated heterocycles. The van der Waals surface area contributed by atoms with Crippen molar-refractivity contribution in [2.24, 2.45) is 5.92 Å². The first-order valence-electron chi connectivity index (χ1n) is 13.0. The number of carbonyl (C=O) groups excluding carboxylic acids is 1. The summed E-state index contributed by atoms with van der Waals surface area (Å²) in [5.74, 6) is 1.54. The number of para-hydroxylation sites is 1. The zero-order valence-electron chi connectivity index (χ0n) is 20.9. The molecule has 198 valence electrons. The van der Waals surface area contributed by atoms with E-state index in [1.165, 1.54) is 35.9 Å². The topological polar surface area (TPSA) is 79.8 Å². The number of fused-ring (bicyclic) bond motifs is 1. The fourth-order valence-corrected chi connectivity index (χ4v) is 6.04. The van der Waals surface area contributed by atoms with E-state index < -0.39 is 0 Å². The van der Waals surface area contributed by atoms with E-state index in [4.69, 9.17) is 32.7 Å². The number of likely N-dealkylation sites (tertiary alicyclic amines) is 1. The maximum absolute atomic E-state index is 13.1. The number of hydrogen-bond donors (Lipinski definition) is 1. The van der Waals surface area contributed by atoms with Crippen LogP contribution >= 0.6 is 23.2 Å². The molecular weight excluding hydrogens is 525 g/mol. The van der Waals surface area contributed by atoms with Crippen molar-refractivity contribution in [3.63, 3.8) is 0 Å². The van der Waals surface area contributed by atoms with E-state index in [1.54, 1.807) is 18.2 Å². The first-order chi connectivity index (χ1) is 18.5. The number of carbonyl (C=O) groups is 1. The van der Waals surface area contributed by atoms with Gasteiger partial charge < -0.3 is 19.7 Å². The molecule has 0 aliphatic carbocycles. The van der Waals surface area contributed by atoms with Gasteiger partial charge in [0.05, 0.1) is 22.3 Å². The van der Waals surface area contributed by atoms with Crippen LogP contribution < -0.4 is 15.0 Å². The van der Waals surface area contributed by atoms with E-state index in [-0.39, 0.29) is 24.1 Å². The highest BCUT2D eigenvalue weighted by atomic mass is 35.5. The smallest absolute Gasteiger partial charge is 0.268 e. The van der Waals surface area contributed by atoms with Crippen LogP contribution in [0.5, 0.6) is 5.88 Å². The van der Waals surface area contributed by atoms with E-state index in [9.17, 15) is 4.79 Å². The SMILES string of the molecule is O=C1c2cnc(Nc3ccc(C4CCN(CC5CCOC5)CC4)cc3)nc2OCN1c1c(Cl)cccc1Cl. The first-order valence-corrected chi connectivity index (χ1v) is 13.7. The Kier molecular flexibility index (Phi) is 7.39. The summed E-state index contributed by atoms with van der Waals surface area (Å²) in [6.45, 7) is 5.23. The summed E-state index contributed by atoms with van der Waals surface area (Å²) in [5, 5.41) is 3.95. The number of rotatable bonds is 6. The van der Waals surface area contributed by atoms with Crippen LogP contribution in [0, 0.1) is 5.92 Å². The lowest BCUT2D eigenvalue weighted by molar-refractivity contribution is 0.0932. The van der Waals surface area contributed by atoms with Gasteiger partial charge >= 0.3 is 0 Å². The Morgan fingerprint density at radius 2 is 1.79 bits per heavy atom. The molecule has 8 nitrogen and oxygen atoms in total. The van der Waals surface area contributed by atoms with Gasteiger partial charge in [0.15, 0.2) is 6.73 Å². The van der Waals surface area contributed by atoms with Crippen molar-refractivity contribution in [3.05, 3.63) is 69.8 Å². The average molecular weight is 554 g/mol. The van der Waals surface area contributed by atoms with E-state index in [1.807, 2.05) is 12.1 Å². The predicted molar refractivity (Wildman–Crippen MR) is 148 cm³/mol. The van der Waals surface area contributed by atoms with Gasteiger partial charge in [-0.05, 0) is 74.0 Å². The molecule has 0 saturated carbocycles. The summed E-state index contributed by atoms with van der Waals surface area (Å²) in [7, 11) is 0. The Morgan fingerprint density at radius 1 is 1.03 bits per heavy atom. The molecule has 1 aromatic heterocycles. The third-order valence-corrected chi connectivity index (χ3v) is 8.14. The molecule has 3 aliphatic rings. The first kappa shape index (κ1) is 25.4. The zero-order chi connectivity index (χ0) is 26.1. The Labute approximate surface area is 231 Å². The predicted octanol–water partition coefficient (Wildman–Crippen LogP) is 5.74. The van der Waals surface area contributed by atoms with Gasteiger partial charge in [0, 0.05) is 25.0 Å². The van der Waals surface area contributed by atoms with Crippen LogP contribution in [0.4, 0.5) is 17.3 Å². The minimum atomic E-state index is -0.320. The van der Waals surface area contributed by atoms with Crippen molar-refractivity contribution in [1.82, 2.24) is 14.9 Å². The highest BCUT2D eigenvalue weighted by Gasteiger charge is 2.31. The van der Waals surface area contributed by atoms with E-state index >= 15 is 0 Å². The second-order valence-corrected chi connectivity index (χ2v) is 10.9. The molecule has 3 aliphatic heterocycles. The number of benzene rings is 2. The van der Waals surface area contributed by atoms with E-state index in [2.05, 4.69) is 32.3 Å². The maximum Gasteiger partial charge on any atom is 0.268 e. The quantitative estimate of drug-likeness (QED) is 0.416. The molecule has 1 atom stereocenters. The van der Waals surface area contributed by atoms with Crippen LogP contribution in [0.25, 0.3) is 0 Å². The van der Waals surface area contributed by atoms with E-state index in [0.717, 1.165) is 38.5 Å². The molecule has 4 heterocycles. The van der Waals surface area contributed by atoms with Crippen LogP contribution in [-0.2, 0) is 4.74 Å². The van der Waals surface area contributed by atoms with Gasteiger partial charge in [-0.1, -0.05) is 41.4 Å². The normalized spacial score (nSPS) is 20.3. The number of anilines is 3. The monoisotopic (exact) mass is 553 g/mol. The number of piperidine rings is 1. The lowest BCUT2D eigenvalue weighted by Gasteiger charge is -2.33. The van der Waals surface area contributed by atoms with Crippen LogP contribution in [0.1, 0.15) is 41.1 Å². The molecule has 10 heteroatoms. The van der Waals surface area contributed by atoms with Crippen molar-refractivity contribution in [2.75, 3.05) is 49.8 Å². The summed E-state index contributed by atoms with van der Waals surface area (Å²) in [6, 6.07) is 13.5. The molecule has 6 rings (SSSR count). The number of nitrogens with zero attached hydrogens (tertiary/aromatic N) is 4. The molecular formula is C28H29Cl2N5O3. The number of amides is 1. The second kappa shape index (κ2) is 11.1. The highest BCUT2D eigenvalue weighted by molar-refractivity contribution is 6.40. The molecule has 1 amide bonds. The minimum Gasteiger partial charge on any atom is -0.455 e. The largest absolute Gasteiger partial charge is 0.455 e. The van der Waals surface area contributed by atoms with Gasteiger partial charge in [-0.3, -0.25) is 9.69 Å². The summed E-state index contributed by atoms with van der Waals surface area (Å²) >= 11 is 12.6. The van der Waals surface area contributed by atoms with Crippen molar-refractivity contribution < 1.29 is 14.3 Å². The molecule has 2 fully saturated rings. The number of nitrogens with one attached hydrogen (secondary N) is 1. The third-order valence-electron chi connectivity index (χ3n) is 7.53. The summed E-state index contributed by atoms with van der Waals surface area (Å²) < 4.78 is 11.3.